The van der Waals surface area contributed by atoms with Crippen molar-refractivity contribution < 1.29 is 0 Å². The van der Waals surface area contributed by atoms with Crippen molar-refractivity contribution in [3.8, 4) is 5.69 Å². The maximum atomic E-state index is 4.40. The van der Waals surface area contributed by atoms with Gasteiger partial charge in [0.05, 0.1) is 22.9 Å². The zero-order valence-corrected chi connectivity index (χ0v) is 14.6. The smallest absolute Gasteiger partial charge is 0.0686 e. The molecule has 2 nitrogen and oxygen atoms in total. The molecule has 3 heterocycles. The first-order valence-electron chi connectivity index (χ1n) is 7.77. The number of pyridine rings is 1. The summed E-state index contributed by atoms with van der Waals surface area (Å²) in [5.74, 6) is 0. The highest BCUT2D eigenvalue weighted by Crippen LogP contribution is 2.47. The van der Waals surface area contributed by atoms with Gasteiger partial charge in [-0.2, -0.15) is 0 Å². The lowest BCUT2D eigenvalue weighted by molar-refractivity contribution is 0.628. The second kappa shape index (κ2) is 4.24. The van der Waals surface area contributed by atoms with Crippen molar-refractivity contribution in [2.75, 3.05) is 0 Å². The first kappa shape index (κ1) is 13.3. The Balaban J connectivity index is 2.13. The van der Waals surface area contributed by atoms with Gasteiger partial charge in [-0.3, -0.25) is 4.98 Å². The molecule has 0 spiro atoms. The van der Waals surface area contributed by atoms with Crippen LogP contribution in [-0.4, -0.2) is 9.55 Å². The van der Waals surface area contributed by atoms with Crippen LogP contribution in [0.1, 0.15) is 25.0 Å². The van der Waals surface area contributed by atoms with Gasteiger partial charge >= 0.3 is 0 Å². The summed E-state index contributed by atoms with van der Waals surface area (Å²) in [6, 6.07) is 15.3. The summed E-state index contributed by atoms with van der Waals surface area (Å²) >= 11 is 3.62. The highest BCUT2D eigenvalue weighted by Gasteiger charge is 2.34. The molecule has 0 N–H and O–H groups in total. The van der Waals surface area contributed by atoms with Gasteiger partial charge in [0.15, 0.2) is 0 Å². The van der Waals surface area contributed by atoms with Crippen molar-refractivity contribution in [2.45, 2.75) is 19.3 Å². The summed E-state index contributed by atoms with van der Waals surface area (Å²) in [7, 11) is 0. The molecular formula is C20H15BrN2. The van der Waals surface area contributed by atoms with Crippen LogP contribution in [0.4, 0.5) is 0 Å². The Labute approximate surface area is 142 Å². The van der Waals surface area contributed by atoms with Crippen LogP contribution in [0.5, 0.6) is 0 Å². The van der Waals surface area contributed by atoms with Crippen molar-refractivity contribution in [1.29, 1.82) is 0 Å². The van der Waals surface area contributed by atoms with Crippen molar-refractivity contribution in [2.24, 2.45) is 0 Å². The van der Waals surface area contributed by atoms with E-state index >= 15 is 0 Å². The minimum atomic E-state index is -0.0284. The predicted molar refractivity (Wildman–Crippen MR) is 98.4 cm³/mol. The molecule has 1 aliphatic heterocycles. The molecule has 23 heavy (non-hydrogen) atoms. The lowest BCUT2D eigenvalue weighted by atomic mass is 9.75. The number of fused-ring (bicyclic) bond motifs is 5. The SMILES string of the molecule is CC1(C)c2ccncc2-n2c3ccc(Br)cc3c3cccc1c32. The molecular weight excluding hydrogens is 348 g/mol. The van der Waals surface area contributed by atoms with Crippen LogP contribution in [0, 0.1) is 0 Å². The third-order valence-corrected chi connectivity index (χ3v) is 5.63. The Morgan fingerprint density at radius 1 is 1.00 bits per heavy atom. The fourth-order valence-electron chi connectivity index (χ4n) is 4.03. The fraction of sp³-hybridized carbons (Fsp3) is 0.150. The van der Waals surface area contributed by atoms with Crippen LogP contribution in [-0.2, 0) is 5.41 Å². The Kier molecular flexibility index (Phi) is 2.45. The van der Waals surface area contributed by atoms with E-state index in [-0.39, 0.29) is 5.41 Å². The van der Waals surface area contributed by atoms with Crippen molar-refractivity contribution in [3.63, 3.8) is 0 Å². The molecule has 0 aliphatic carbocycles. The minimum Gasteiger partial charge on any atom is -0.307 e. The zero-order chi connectivity index (χ0) is 15.8. The lowest BCUT2D eigenvalue weighted by Crippen LogP contribution is -2.26. The van der Waals surface area contributed by atoms with Crippen LogP contribution < -0.4 is 0 Å². The zero-order valence-electron chi connectivity index (χ0n) is 13.0. The number of para-hydroxylation sites is 1. The summed E-state index contributed by atoms with van der Waals surface area (Å²) in [4.78, 5) is 4.40. The van der Waals surface area contributed by atoms with Gasteiger partial charge in [-0.1, -0.05) is 48.0 Å². The molecule has 0 bridgehead atoms. The van der Waals surface area contributed by atoms with Crippen LogP contribution >= 0.6 is 15.9 Å². The third-order valence-electron chi connectivity index (χ3n) is 5.14. The van der Waals surface area contributed by atoms with E-state index in [0.717, 1.165) is 4.47 Å². The number of benzene rings is 2. The van der Waals surface area contributed by atoms with E-state index in [9.17, 15) is 0 Å². The van der Waals surface area contributed by atoms with E-state index in [0.29, 0.717) is 0 Å². The highest BCUT2D eigenvalue weighted by molar-refractivity contribution is 9.10. The van der Waals surface area contributed by atoms with Crippen LogP contribution in [0.3, 0.4) is 0 Å². The molecule has 5 rings (SSSR count). The first-order valence-corrected chi connectivity index (χ1v) is 8.56. The number of nitrogens with zero attached hydrogens (tertiary/aromatic N) is 2. The summed E-state index contributed by atoms with van der Waals surface area (Å²) in [5.41, 5.74) is 6.42. The Bertz CT molecular complexity index is 1110. The van der Waals surface area contributed by atoms with Crippen LogP contribution in [0.25, 0.3) is 27.5 Å². The molecule has 1 aliphatic rings. The van der Waals surface area contributed by atoms with E-state index < -0.39 is 0 Å². The van der Waals surface area contributed by atoms with Gasteiger partial charge in [-0.05, 0) is 35.4 Å². The predicted octanol–water partition coefficient (Wildman–Crippen LogP) is 5.58. The Hall–Kier alpha value is -2.13. The third kappa shape index (κ3) is 1.56. The van der Waals surface area contributed by atoms with Gasteiger partial charge in [-0.25, -0.2) is 0 Å². The Morgan fingerprint density at radius 3 is 2.74 bits per heavy atom. The average Bonchev–Trinajstić information content (AvgIpc) is 2.88. The largest absolute Gasteiger partial charge is 0.307 e. The molecule has 2 aromatic carbocycles. The van der Waals surface area contributed by atoms with Crippen LogP contribution in [0.2, 0.25) is 0 Å². The molecule has 0 unspecified atom stereocenters. The number of aromatic nitrogens is 2. The first-order chi connectivity index (χ1) is 11.1. The minimum absolute atomic E-state index is 0.0284. The van der Waals surface area contributed by atoms with Gasteiger partial charge in [0, 0.05) is 26.9 Å². The van der Waals surface area contributed by atoms with Gasteiger partial charge < -0.3 is 4.57 Å². The number of rotatable bonds is 0. The molecule has 4 aromatic rings. The summed E-state index contributed by atoms with van der Waals surface area (Å²) in [6.07, 6.45) is 3.89. The standard InChI is InChI=1S/C20H15BrN2/c1-20(2)15-8-9-22-11-18(15)23-17-7-6-12(21)10-14(17)13-4-3-5-16(20)19(13)23/h3-11H,1-2H3. The fourth-order valence-corrected chi connectivity index (χ4v) is 4.39. The number of hydrogen-bond donors (Lipinski definition) is 0. The van der Waals surface area contributed by atoms with Crippen molar-refractivity contribution in [3.05, 3.63) is 70.5 Å². The maximum absolute atomic E-state index is 4.40. The van der Waals surface area contributed by atoms with E-state index in [1.165, 1.54) is 38.6 Å². The van der Waals surface area contributed by atoms with Gasteiger partial charge in [0.2, 0.25) is 0 Å². The topological polar surface area (TPSA) is 17.8 Å². The Morgan fingerprint density at radius 2 is 1.87 bits per heavy atom. The molecule has 2 aromatic heterocycles. The highest BCUT2D eigenvalue weighted by atomic mass is 79.9. The van der Waals surface area contributed by atoms with E-state index in [1.807, 2.05) is 12.4 Å². The monoisotopic (exact) mass is 362 g/mol. The molecule has 112 valence electrons. The molecule has 0 amide bonds. The maximum Gasteiger partial charge on any atom is 0.0686 e. The molecule has 0 saturated carbocycles. The normalized spacial score (nSPS) is 15.1. The number of halogens is 1. The summed E-state index contributed by atoms with van der Waals surface area (Å²) < 4.78 is 3.49. The second-order valence-electron chi connectivity index (χ2n) is 6.72. The molecule has 0 atom stereocenters. The average molecular weight is 363 g/mol. The second-order valence-corrected chi connectivity index (χ2v) is 7.63. The molecule has 0 saturated heterocycles. The van der Waals surface area contributed by atoms with Crippen molar-refractivity contribution in [1.82, 2.24) is 9.55 Å². The molecule has 0 fully saturated rings. The van der Waals surface area contributed by atoms with E-state index in [1.54, 1.807) is 0 Å². The van der Waals surface area contributed by atoms with Crippen LogP contribution in [0.15, 0.2) is 59.3 Å². The van der Waals surface area contributed by atoms with Crippen molar-refractivity contribution >= 4 is 37.7 Å². The van der Waals surface area contributed by atoms with Gasteiger partial charge in [0.1, 0.15) is 0 Å². The van der Waals surface area contributed by atoms with E-state index in [2.05, 4.69) is 81.8 Å². The quantitative estimate of drug-likeness (QED) is 0.399. The summed E-state index contributed by atoms with van der Waals surface area (Å²) in [6.45, 7) is 4.61. The van der Waals surface area contributed by atoms with Gasteiger partial charge in [0.25, 0.3) is 0 Å². The van der Waals surface area contributed by atoms with Gasteiger partial charge in [-0.15, -0.1) is 0 Å². The lowest BCUT2D eigenvalue weighted by Gasteiger charge is -2.34. The summed E-state index contributed by atoms with van der Waals surface area (Å²) in [5, 5.41) is 2.59. The molecule has 3 heteroatoms. The van der Waals surface area contributed by atoms with E-state index in [4.69, 9.17) is 0 Å². The molecule has 0 radical (unpaired) electrons. The number of hydrogen-bond acceptors (Lipinski definition) is 1.